The van der Waals surface area contributed by atoms with E-state index in [1.165, 1.54) is 12.5 Å². The van der Waals surface area contributed by atoms with Crippen molar-refractivity contribution < 1.29 is 9.53 Å². The van der Waals surface area contributed by atoms with Crippen LogP contribution in [0.4, 0.5) is 5.69 Å². The minimum atomic E-state index is -0.0660. The molecule has 0 aliphatic heterocycles. The summed E-state index contributed by atoms with van der Waals surface area (Å²) in [6, 6.07) is 15.6. The van der Waals surface area contributed by atoms with E-state index in [4.69, 9.17) is 4.74 Å². The Balaban J connectivity index is 1.94. The lowest BCUT2D eigenvalue weighted by atomic mass is 10.2. The Kier molecular flexibility index (Phi) is 4.18. The molecule has 0 atom stereocenters. The number of aryl methyl sites for hydroxylation is 1. The Hall–Kier alpha value is -2.29. The molecule has 2 rings (SSSR count). The van der Waals surface area contributed by atoms with Gasteiger partial charge >= 0.3 is 0 Å². The first-order chi connectivity index (χ1) is 9.13. The molecular formula is C16H17NO2. The fourth-order valence-electron chi connectivity index (χ4n) is 1.76. The van der Waals surface area contributed by atoms with Crippen molar-refractivity contribution in [2.24, 2.45) is 0 Å². The molecule has 0 saturated heterocycles. The van der Waals surface area contributed by atoms with Crippen LogP contribution in [0.3, 0.4) is 0 Å². The van der Waals surface area contributed by atoms with Gasteiger partial charge in [0.15, 0.2) is 0 Å². The van der Waals surface area contributed by atoms with Gasteiger partial charge in [-0.15, -0.1) is 0 Å². The quantitative estimate of drug-likeness (QED) is 0.907. The number of nitrogens with one attached hydrogen (secondary N) is 1. The van der Waals surface area contributed by atoms with Gasteiger partial charge in [-0.25, -0.2) is 0 Å². The van der Waals surface area contributed by atoms with E-state index in [9.17, 15) is 4.79 Å². The molecule has 0 spiro atoms. The van der Waals surface area contributed by atoms with Crippen molar-refractivity contribution in [3.63, 3.8) is 0 Å². The van der Waals surface area contributed by atoms with Crippen LogP contribution in [0.15, 0.2) is 48.5 Å². The van der Waals surface area contributed by atoms with Crippen molar-refractivity contribution in [2.45, 2.75) is 20.5 Å². The molecule has 0 bridgehead atoms. The van der Waals surface area contributed by atoms with Gasteiger partial charge in [0.1, 0.15) is 12.4 Å². The van der Waals surface area contributed by atoms with Gasteiger partial charge in [0.05, 0.1) is 0 Å². The average molecular weight is 255 g/mol. The average Bonchev–Trinajstić information content (AvgIpc) is 2.37. The van der Waals surface area contributed by atoms with E-state index in [0.717, 1.165) is 17.0 Å². The van der Waals surface area contributed by atoms with Gasteiger partial charge in [0.2, 0.25) is 5.91 Å². The first-order valence-corrected chi connectivity index (χ1v) is 6.19. The van der Waals surface area contributed by atoms with Crippen LogP contribution in [0.5, 0.6) is 5.75 Å². The molecule has 0 aliphatic carbocycles. The van der Waals surface area contributed by atoms with E-state index in [1.807, 2.05) is 55.5 Å². The van der Waals surface area contributed by atoms with E-state index in [2.05, 4.69) is 5.32 Å². The molecule has 3 heteroatoms. The van der Waals surface area contributed by atoms with Crippen LogP contribution in [0.1, 0.15) is 18.1 Å². The normalized spacial score (nSPS) is 10.0. The van der Waals surface area contributed by atoms with Gasteiger partial charge in [-0.3, -0.25) is 4.79 Å². The second kappa shape index (κ2) is 6.05. The predicted molar refractivity (Wildman–Crippen MR) is 76.3 cm³/mol. The van der Waals surface area contributed by atoms with E-state index in [0.29, 0.717) is 6.61 Å². The van der Waals surface area contributed by atoms with Crippen molar-refractivity contribution >= 4 is 11.6 Å². The van der Waals surface area contributed by atoms with E-state index >= 15 is 0 Å². The van der Waals surface area contributed by atoms with Crippen molar-refractivity contribution in [3.8, 4) is 5.75 Å². The zero-order valence-corrected chi connectivity index (χ0v) is 11.1. The summed E-state index contributed by atoms with van der Waals surface area (Å²) in [5.41, 5.74) is 3.04. The monoisotopic (exact) mass is 255 g/mol. The predicted octanol–water partition coefficient (Wildman–Crippen LogP) is 3.53. The van der Waals surface area contributed by atoms with Gasteiger partial charge in [0, 0.05) is 12.6 Å². The largest absolute Gasteiger partial charge is 0.489 e. The molecule has 0 aliphatic rings. The number of carbonyl (C=O) groups excluding carboxylic acids is 1. The SMILES string of the molecule is CC(=O)Nc1ccc(COc2cccc(C)c2)cc1. The third kappa shape index (κ3) is 4.14. The van der Waals surface area contributed by atoms with E-state index in [1.54, 1.807) is 0 Å². The summed E-state index contributed by atoms with van der Waals surface area (Å²) in [7, 11) is 0. The molecule has 2 aromatic carbocycles. The summed E-state index contributed by atoms with van der Waals surface area (Å²) >= 11 is 0. The Morgan fingerprint density at radius 1 is 1.16 bits per heavy atom. The van der Waals surface area contributed by atoms with Crippen LogP contribution in [-0.2, 0) is 11.4 Å². The highest BCUT2D eigenvalue weighted by Crippen LogP contribution is 2.15. The first-order valence-electron chi connectivity index (χ1n) is 6.19. The van der Waals surface area contributed by atoms with E-state index < -0.39 is 0 Å². The van der Waals surface area contributed by atoms with Crippen LogP contribution >= 0.6 is 0 Å². The molecule has 19 heavy (non-hydrogen) atoms. The zero-order chi connectivity index (χ0) is 13.7. The number of amides is 1. The molecule has 0 saturated carbocycles. The summed E-state index contributed by atoms with van der Waals surface area (Å²) in [6.07, 6.45) is 0. The molecule has 3 nitrogen and oxygen atoms in total. The van der Waals surface area contributed by atoms with Gasteiger partial charge < -0.3 is 10.1 Å². The Morgan fingerprint density at radius 3 is 2.53 bits per heavy atom. The fraction of sp³-hybridized carbons (Fsp3) is 0.188. The van der Waals surface area contributed by atoms with Crippen LogP contribution in [0.25, 0.3) is 0 Å². The Bertz CT molecular complexity index is 561. The van der Waals surface area contributed by atoms with Crippen LogP contribution < -0.4 is 10.1 Å². The highest BCUT2D eigenvalue weighted by molar-refractivity contribution is 5.88. The molecule has 0 fully saturated rings. The number of carbonyl (C=O) groups is 1. The number of hydrogen-bond acceptors (Lipinski definition) is 2. The summed E-state index contributed by atoms with van der Waals surface area (Å²) in [6.45, 7) is 4.05. The topological polar surface area (TPSA) is 38.3 Å². The number of ether oxygens (including phenoxy) is 1. The van der Waals surface area contributed by atoms with Crippen LogP contribution in [-0.4, -0.2) is 5.91 Å². The lowest BCUT2D eigenvalue weighted by molar-refractivity contribution is -0.114. The zero-order valence-electron chi connectivity index (χ0n) is 11.1. The molecular weight excluding hydrogens is 238 g/mol. The minimum Gasteiger partial charge on any atom is -0.489 e. The third-order valence-electron chi connectivity index (χ3n) is 2.67. The molecule has 0 radical (unpaired) electrons. The fourth-order valence-corrected chi connectivity index (χ4v) is 1.76. The maximum absolute atomic E-state index is 10.9. The summed E-state index contributed by atoms with van der Waals surface area (Å²) < 4.78 is 5.71. The maximum atomic E-state index is 10.9. The van der Waals surface area contributed by atoms with Gasteiger partial charge in [-0.2, -0.15) is 0 Å². The summed E-state index contributed by atoms with van der Waals surface area (Å²) in [5, 5.41) is 2.73. The molecule has 1 amide bonds. The second-order valence-corrected chi connectivity index (χ2v) is 4.48. The number of rotatable bonds is 4. The highest BCUT2D eigenvalue weighted by Gasteiger charge is 1.98. The molecule has 0 heterocycles. The number of anilines is 1. The van der Waals surface area contributed by atoms with Gasteiger partial charge in [-0.1, -0.05) is 24.3 Å². The van der Waals surface area contributed by atoms with Crippen LogP contribution in [0, 0.1) is 6.92 Å². The summed E-state index contributed by atoms with van der Waals surface area (Å²) in [4.78, 5) is 10.9. The lowest BCUT2D eigenvalue weighted by Crippen LogP contribution is -2.05. The molecule has 0 aromatic heterocycles. The highest BCUT2D eigenvalue weighted by atomic mass is 16.5. The lowest BCUT2D eigenvalue weighted by Gasteiger charge is -2.08. The standard InChI is InChI=1S/C16H17NO2/c1-12-4-3-5-16(10-12)19-11-14-6-8-15(9-7-14)17-13(2)18/h3-10H,11H2,1-2H3,(H,17,18). The van der Waals surface area contributed by atoms with Crippen molar-refractivity contribution in [2.75, 3.05) is 5.32 Å². The Labute approximate surface area is 113 Å². The molecule has 0 unspecified atom stereocenters. The number of benzene rings is 2. The number of hydrogen-bond donors (Lipinski definition) is 1. The summed E-state index contributed by atoms with van der Waals surface area (Å²) in [5.74, 6) is 0.801. The Morgan fingerprint density at radius 2 is 1.89 bits per heavy atom. The van der Waals surface area contributed by atoms with Crippen molar-refractivity contribution in [3.05, 3.63) is 59.7 Å². The second-order valence-electron chi connectivity index (χ2n) is 4.48. The molecule has 2 aromatic rings. The van der Waals surface area contributed by atoms with Gasteiger partial charge in [-0.05, 0) is 42.3 Å². The molecule has 98 valence electrons. The van der Waals surface area contributed by atoms with Gasteiger partial charge in [0.25, 0.3) is 0 Å². The van der Waals surface area contributed by atoms with Crippen molar-refractivity contribution in [1.82, 2.24) is 0 Å². The van der Waals surface area contributed by atoms with Crippen molar-refractivity contribution in [1.29, 1.82) is 0 Å². The smallest absolute Gasteiger partial charge is 0.221 e. The van der Waals surface area contributed by atoms with E-state index in [-0.39, 0.29) is 5.91 Å². The first kappa shape index (κ1) is 13.1. The molecule has 1 N–H and O–H groups in total. The maximum Gasteiger partial charge on any atom is 0.221 e. The van der Waals surface area contributed by atoms with Crippen LogP contribution in [0.2, 0.25) is 0 Å². The third-order valence-corrected chi connectivity index (χ3v) is 2.67. The minimum absolute atomic E-state index is 0.0660.